The van der Waals surface area contributed by atoms with Crippen molar-refractivity contribution in [2.75, 3.05) is 31.0 Å². The highest BCUT2D eigenvalue weighted by Crippen LogP contribution is 2.47. The topological polar surface area (TPSA) is 24.9 Å². The van der Waals surface area contributed by atoms with Crippen molar-refractivity contribution in [1.82, 2.24) is 0 Å². The summed E-state index contributed by atoms with van der Waals surface area (Å²) < 4.78 is 11.6. The number of methoxy groups -OCH3 is 1. The van der Waals surface area contributed by atoms with Gasteiger partial charge < -0.3 is 19.3 Å². The van der Waals surface area contributed by atoms with Crippen LogP contribution in [0.5, 0.6) is 11.5 Å². The van der Waals surface area contributed by atoms with Crippen LogP contribution in [0.1, 0.15) is 11.1 Å². The number of nitrogens with zero attached hydrogens (tertiary/aromatic N) is 2. The summed E-state index contributed by atoms with van der Waals surface area (Å²) in [5.41, 5.74) is 9.33. The Morgan fingerprint density at radius 1 is 0.636 bits per heavy atom. The molecule has 33 heavy (non-hydrogen) atoms. The summed E-state index contributed by atoms with van der Waals surface area (Å²) >= 11 is 0. The third-order valence-electron chi connectivity index (χ3n) is 6.39. The van der Waals surface area contributed by atoms with Crippen LogP contribution in [0, 0.1) is 6.92 Å². The van der Waals surface area contributed by atoms with Gasteiger partial charge in [0.2, 0.25) is 0 Å². The first-order valence-electron chi connectivity index (χ1n) is 11.1. The fraction of sp³-hybridized carbons (Fsp3) is 0.172. The van der Waals surface area contributed by atoms with Gasteiger partial charge in [-0.1, -0.05) is 42.5 Å². The van der Waals surface area contributed by atoms with Crippen molar-refractivity contribution in [1.29, 1.82) is 0 Å². The Bertz CT molecular complexity index is 1310. The highest BCUT2D eigenvalue weighted by atomic mass is 16.5. The number of ether oxygens (including phenoxy) is 2. The Labute approximate surface area is 195 Å². The fourth-order valence-electron chi connectivity index (χ4n) is 4.51. The van der Waals surface area contributed by atoms with Crippen LogP contribution in [0.25, 0.3) is 11.1 Å². The van der Waals surface area contributed by atoms with Gasteiger partial charge >= 0.3 is 0 Å². The molecule has 1 heterocycles. The molecule has 0 spiro atoms. The van der Waals surface area contributed by atoms with Crippen molar-refractivity contribution in [3.05, 3.63) is 96.1 Å². The number of para-hydroxylation sites is 3. The van der Waals surface area contributed by atoms with Gasteiger partial charge in [-0.3, -0.25) is 0 Å². The molecule has 0 radical (unpaired) electrons. The molecular weight excluding hydrogens is 408 g/mol. The number of hydrogen-bond donors (Lipinski definition) is 0. The van der Waals surface area contributed by atoms with Crippen LogP contribution in [0.4, 0.5) is 22.7 Å². The smallest absolute Gasteiger partial charge is 0.125 e. The molecule has 0 bridgehead atoms. The Morgan fingerprint density at radius 2 is 1.24 bits per heavy atom. The third-order valence-corrected chi connectivity index (χ3v) is 6.39. The minimum absolute atomic E-state index is 0.472. The van der Waals surface area contributed by atoms with E-state index in [1.165, 1.54) is 33.9 Å². The second-order valence-electron chi connectivity index (χ2n) is 8.39. The van der Waals surface area contributed by atoms with Crippen molar-refractivity contribution in [3.63, 3.8) is 0 Å². The molecule has 4 aromatic carbocycles. The average molecular weight is 437 g/mol. The molecule has 1 aliphatic rings. The Morgan fingerprint density at radius 3 is 1.97 bits per heavy atom. The van der Waals surface area contributed by atoms with E-state index in [9.17, 15) is 0 Å². The minimum Gasteiger partial charge on any atom is -0.496 e. The van der Waals surface area contributed by atoms with Gasteiger partial charge in [-0.25, -0.2) is 0 Å². The fourth-order valence-corrected chi connectivity index (χ4v) is 4.51. The number of hydrogen-bond acceptors (Lipinski definition) is 4. The summed E-state index contributed by atoms with van der Waals surface area (Å²) in [6, 6.07) is 29.5. The standard InChI is InChI=1S/C29H28N2O2/c1-20-17-21(14-16-28(20)33-19-23-9-5-8-12-29(23)32-4)22-13-15-26-27(18-22)31(3)25-11-7-6-10-24(25)30(26)2/h5-18H,19H2,1-4H3. The second kappa shape index (κ2) is 8.55. The van der Waals surface area contributed by atoms with Gasteiger partial charge in [0.05, 0.1) is 29.9 Å². The summed E-state index contributed by atoms with van der Waals surface area (Å²) in [5.74, 6) is 1.73. The summed E-state index contributed by atoms with van der Waals surface area (Å²) in [6.07, 6.45) is 0. The van der Waals surface area contributed by atoms with Crippen LogP contribution in [0.15, 0.2) is 84.9 Å². The van der Waals surface area contributed by atoms with E-state index in [1.54, 1.807) is 7.11 Å². The van der Waals surface area contributed by atoms with Crippen LogP contribution in [-0.2, 0) is 6.61 Å². The van der Waals surface area contributed by atoms with Crippen LogP contribution in [0.3, 0.4) is 0 Å². The molecule has 0 unspecified atom stereocenters. The molecule has 0 atom stereocenters. The molecule has 0 aromatic heterocycles. The maximum atomic E-state index is 6.12. The molecule has 4 nitrogen and oxygen atoms in total. The zero-order valence-electron chi connectivity index (χ0n) is 19.5. The quantitative estimate of drug-likeness (QED) is 0.333. The number of aryl methyl sites for hydroxylation is 1. The lowest BCUT2D eigenvalue weighted by Gasteiger charge is -2.36. The van der Waals surface area contributed by atoms with Gasteiger partial charge in [0.15, 0.2) is 0 Å². The van der Waals surface area contributed by atoms with Crippen molar-refractivity contribution >= 4 is 22.7 Å². The van der Waals surface area contributed by atoms with Gasteiger partial charge in [-0.05, 0) is 66.1 Å². The third kappa shape index (κ3) is 3.78. The molecule has 4 aromatic rings. The molecule has 0 aliphatic carbocycles. The minimum atomic E-state index is 0.472. The lowest BCUT2D eigenvalue weighted by Crippen LogP contribution is -2.24. The molecule has 0 N–H and O–H groups in total. The van der Waals surface area contributed by atoms with Crippen LogP contribution in [0.2, 0.25) is 0 Å². The lowest BCUT2D eigenvalue weighted by atomic mass is 9.99. The zero-order valence-corrected chi connectivity index (χ0v) is 19.5. The molecule has 0 saturated carbocycles. The lowest BCUT2D eigenvalue weighted by molar-refractivity contribution is 0.295. The molecule has 5 rings (SSSR count). The van der Waals surface area contributed by atoms with Crippen LogP contribution >= 0.6 is 0 Å². The maximum Gasteiger partial charge on any atom is 0.125 e. The van der Waals surface area contributed by atoms with Crippen molar-refractivity contribution in [2.45, 2.75) is 13.5 Å². The van der Waals surface area contributed by atoms with E-state index in [0.29, 0.717) is 6.61 Å². The number of fused-ring (bicyclic) bond motifs is 2. The summed E-state index contributed by atoms with van der Waals surface area (Å²) in [7, 11) is 5.95. The van der Waals surface area contributed by atoms with Crippen molar-refractivity contribution < 1.29 is 9.47 Å². The first-order chi connectivity index (χ1) is 16.1. The van der Waals surface area contributed by atoms with Gasteiger partial charge in [-0.15, -0.1) is 0 Å². The molecule has 166 valence electrons. The highest BCUT2D eigenvalue weighted by molar-refractivity contribution is 5.94. The Balaban J connectivity index is 1.41. The van der Waals surface area contributed by atoms with E-state index in [0.717, 1.165) is 22.6 Å². The van der Waals surface area contributed by atoms with E-state index >= 15 is 0 Å². The normalized spacial score (nSPS) is 12.2. The van der Waals surface area contributed by atoms with E-state index < -0.39 is 0 Å². The first-order valence-corrected chi connectivity index (χ1v) is 11.1. The number of rotatable bonds is 5. The largest absolute Gasteiger partial charge is 0.496 e. The molecule has 4 heteroatoms. The molecule has 0 amide bonds. The Hall–Kier alpha value is -3.92. The van der Waals surface area contributed by atoms with Gasteiger partial charge in [0.25, 0.3) is 0 Å². The molecule has 0 fully saturated rings. The predicted octanol–water partition coefficient (Wildman–Crippen LogP) is 7.10. The van der Waals surface area contributed by atoms with Crippen LogP contribution < -0.4 is 19.3 Å². The van der Waals surface area contributed by atoms with E-state index in [-0.39, 0.29) is 0 Å². The maximum absolute atomic E-state index is 6.12. The molecule has 1 aliphatic heterocycles. The van der Waals surface area contributed by atoms with Crippen molar-refractivity contribution in [2.24, 2.45) is 0 Å². The summed E-state index contributed by atoms with van der Waals surface area (Å²) in [6.45, 7) is 2.56. The van der Waals surface area contributed by atoms with Crippen LogP contribution in [-0.4, -0.2) is 21.2 Å². The SMILES string of the molecule is COc1ccccc1COc1ccc(-c2ccc3c(c2)N(C)c2ccccc2N3C)cc1C. The summed E-state index contributed by atoms with van der Waals surface area (Å²) in [4.78, 5) is 4.53. The zero-order chi connectivity index (χ0) is 22.9. The van der Waals surface area contributed by atoms with E-state index in [4.69, 9.17) is 9.47 Å². The van der Waals surface area contributed by atoms with Gasteiger partial charge in [0, 0.05) is 19.7 Å². The average Bonchev–Trinajstić information content (AvgIpc) is 2.86. The number of anilines is 4. The van der Waals surface area contributed by atoms with Crippen molar-refractivity contribution in [3.8, 4) is 22.6 Å². The van der Waals surface area contributed by atoms with E-state index in [1.807, 2.05) is 24.3 Å². The van der Waals surface area contributed by atoms with E-state index in [2.05, 4.69) is 91.5 Å². The highest BCUT2D eigenvalue weighted by Gasteiger charge is 2.24. The van der Waals surface area contributed by atoms with Gasteiger partial charge in [0.1, 0.15) is 18.1 Å². The first kappa shape index (κ1) is 21.0. The molecular formula is C29H28N2O2. The van der Waals surface area contributed by atoms with Gasteiger partial charge in [-0.2, -0.15) is 0 Å². The monoisotopic (exact) mass is 436 g/mol. The Kier molecular flexibility index (Phi) is 5.43. The predicted molar refractivity (Wildman–Crippen MR) is 137 cm³/mol. The number of benzene rings is 4. The summed E-state index contributed by atoms with van der Waals surface area (Å²) in [5, 5.41) is 0. The second-order valence-corrected chi connectivity index (χ2v) is 8.39. The molecule has 0 saturated heterocycles.